The molecular weight excluding hydrogens is 262 g/mol. The first-order chi connectivity index (χ1) is 8.87. The number of carbonyl (C=O) groups excluding carboxylic acids is 1. The van der Waals surface area contributed by atoms with Crippen LogP contribution in [0, 0.1) is 12.3 Å². The number of aromatic nitrogens is 2. The Morgan fingerprint density at radius 2 is 2.05 bits per heavy atom. The zero-order chi connectivity index (χ0) is 14.0. The summed E-state index contributed by atoms with van der Waals surface area (Å²) in [5, 5.41) is 0.138. The molecule has 0 aliphatic carbocycles. The van der Waals surface area contributed by atoms with Crippen LogP contribution in [0.25, 0.3) is 0 Å². The monoisotopic (exact) mass is 281 g/mol. The van der Waals surface area contributed by atoms with Crippen molar-refractivity contribution in [3.05, 3.63) is 22.7 Å². The Bertz CT molecular complexity index is 467. The first-order valence-electron chi connectivity index (χ1n) is 6.68. The Hall–Kier alpha value is -1.16. The summed E-state index contributed by atoms with van der Waals surface area (Å²) in [6.45, 7) is 7.91. The Labute approximate surface area is 119 Å². The number of hydrogen-bond acceptors (Lipinski definition) is 3. The van der Waals surface area contributed by atoms with Crippen molar-refractivity contribution < 1.29 is 4.79 Å². The fourth-order valence-corrected chi connectivity index (χ4v) is 2.65. The predicted octanol–water partition coefficient (Wildman–Crippen LogP) is 3.09. The van der Waals surface area contributed by atoms with Crippen LogP contribution in [0.1, 0.15) is 49.3 Å². The van der Waals surface area contributed by atoms with Crippen molar-refractivity contribution in [3.63, 3.8) is 0 Å². The van der Waals surface area contributed by atoms with Crippen LogP contribution in [0.5, 0.6) is 0 Å². The number of amides is 1. The molecule has 2 heterocycles. The number of nitrogens with zero attached hydrogens (tertiary/aromatic N) is 3. The molecule has 0 spiro atoms. The molecule has 0 radical (unpaired) electrons. The molecule has 0 bridgehead atoms. The highest BCUT2D eigenvalue weighted by Gasteiger charge is 2.26. The van der Waals surface area contributed by atoms with Gasteiger partial charge in [-0.2, -0.15) is 0 Å². The lowest BCUT2D eigenvalue weighted by molar-refractivity contribution is 0.0751. The van der Waals surface area contributed by atoms with Crippen molar-refractivity contribution >= 4 is 17.5 Å². The summed E-state index contributed by atoms with van der Waals surface area (Å²) in [6.07, 6.45) is 3.22. The summed E-state index contributed by atoms with van der Waals surface area (Å²) in [5.41, 5.74) is 1.43. The van der Waals surface area contributed by atoms with Crippen molar-refractivity contribution in [1.29, 1.82) is 0 Å². The zero-order valence-corrected chi connectivity index (χ0v) is 12.5. The second-order valence-corrected chi connectivity index (χ2v) is 6.31. The third-order valence-electron chi connectivity index (χ3n) is 3.67. The first kappa shape index (κ1) is 14.3. The molecule has 0 aromatic carbocycles. The fourth-order valence-electron chi connectivity index (χ4n) is 2.43. The minimum atomic E-state index is -0.0369. The van der Waals surface area contributed by atoms with Crippen LogP contribution in [0.2, 0.25) is 5.28 Å². The van der Waals surface area contributed by atoms with E-state index in [1.165, 1.54) is 0 Å². The normalized spacial score (nSPS) is 19.1. The maximum absolute atomic E-state index is 12.4. The van der Waals surface area contributed by atoms with E-state index in [0.717, 1.165) is 38.0 Å². The molecule has 1 aliphatic rings. The van der Waals surface area contributed by atoms with Crippen molar-refractivity contribution in [2.45, 2.75) is 40.0 Å². The highest BCUT2D eigenvalue weighted by molar-refractivity contribution is 6.28. The smallest absolute Gasteiger partial charge is 0.272 e. The lowest BCUT2D eigenvalue weighted by Gasteiger charge is -2.23. The van der Waals surface area contributed by atoms with Gasteiger partial charge in [0.1, 0.15) is 5.69 Å². The van der Waals surface area contributed by atoms with E-state index in [-0.39, 0.29) is 11.2 Å². The molecule has 0 unspecified atom stereocenters. The Kier molecular flexibility index (Phi) is 4.09. The molecule has 19 heavy (non-hydrogen) atoms. The highest BCUT2D eigenvalue weighted by Crippen LogP contribution is 2.30. The van der Waals surface area contributed by atoms with Crippen LogP contribution in [0.4, 0.5) is 0 Å². The van der Waals surface area contributed by atoms with E-state index < -0.39 is 0 Å². The average Bonchev–Trinajstić information content (AvgIpc) is 2.48. The van der Waals surface area contributed by atoms with Gasteiger partial charge >= 0.3 is 0 Å². The molecule has 0 saturated carbocycles. The van der Waals surface area contributed by atoms with Gasteiger partial charge in [-0.25, -0.2) is 9.97 Å². The minimum Gasteiger partial charge on any atom is -0.337 e. The molecule has 1 aliphatic heterocycles. The van der Waals surface area contributed by atoms with Gasteiger partial charge in [0.15, 0.2) is 0 Å². The third-order valence-corrected chi connectivity index (χ3v) is 3.84. The number of aryl methyl sites for hydroxylation is 1. The second-order valence-electron chi connectivity index (χ2n) is 5.97. The summed E-state index contributed by atoms with van der Waals surface area (Å²) < 4.78 is 0. The van der Waals surface area contributed by atoms with Crippen LogP contribution in [0.15, 0.2) is 6.07 Å². The standard InChI is InChI=1S/C14H20ClN3O/c1-10-9-11(17-13(15)16-10)12(19)18-7-4-5-14(2,3)6-8-18/h9H,4-8H2,1-3H3. The topological polar surface area (TPSA) is 46.1 Å². The van der Waals surface area contributed by atoms with Crippen molar-refractivity contribution in [1.82, 2.24) is 14.9 Å². The van der Waals surface area contributed by atoms with E-state index in [9.17, 15) is 4.79 Å². The van der Waals surface area contributed by atoms with Crippen LogP contribution in [0.3, 0.4) is 0 Å². The van der Waals surface area contributed by atoms with E-state index in [4.69, 9.17) is 11.6 Å². The first-order valence-corrected chi connectivity index (χ1v) is 7.06. The Morgan fingerprint density at radius 1 is 1.32 bits per heavy atom. The van der Waals surface area contributed by atoms with Gasteiger partial charge in [0, 0.05) is 18.8 Å². The van der Waals surface area contributed by atoms with E-state index in [1.54, 1.807) is 6.07 Å². The van der Waals surface area contributed by atoms with E-state index in [2.05, 4.69) is 23.8 Å². The summed E-state index contributed by atoms with van der Waals surface area (Å²) >= 11 is 5.82. The molecule has 1 aromatic rings. The molecule has 0 N–H and O–H groups in total. The van der Waals surface area contributed by atoms with Crippen LogP contribution < -0.4 is 0 Å². The van der Waals surface area contributed by atoms with Gasteiger partial charge in [0.05, 0.1) is 0 Å². The molecule has 1 saturated heterocycles. The van der Waals surface area contributed by atoms with E-state index >= 15 is 0 Å². The molecule has 5 heteroatoms. The molecule has 2 rings (SSSR count). The molecule has 104 valence electrons. The van der Waals surface area contributed by atoms with Gasteiger partial charge in [0.25, 0.3) is 5.91 Å². The maximum Gasteiger partial charge on any atom is 0.272 e. The average molecular weight is 282 g/mol. The van der Waals surface area contributed by atoms with Crippen LogP contribution >= 0.6 is 11.6 Å². The quantitative estimate of drug-likeness (QED) is 0.743. The fraction of sp³-hybridized carbons (Fsp3) is 0.643. The molecule has 4 nitrogen and oxygen atoms in total. The van der Waals surface area contributed by atoms with Gasteiger partial charge in [-0.3, -0.25) is 4.79 Å². The zero-order valence-electron chi connectivity index (χ0n) is 11.7. The molecular formula is C14H20ClN3O. The van der Waals surface area contributed by atoms with Gasteiger partial charge in [-0.1, -0.05) is 13.8 Å². The van der Waals surface area contributed by atoms with Crippen molar-refractivity contribution in [2.75, 3.05) is 13.1 Å². The Balaban J connectivity index is 2.15. The largest absolute Gasteiger partial charge is 0.337 e. The predicted molar refractivity (Wildman–Crippen MR) is 75.3 cm³/mol. The number of halogens is 1. The van der Waals surface area contributed by atoms with Gasteiger partial charge in [-0.05, 0) is 49.3 Å². The van der Waals surface area contributed by atoms with Crippen molar-refractivity contribution in [2.24, 2.45) is 5.41 Å². The summed E-state index contributed by atoms with van der Waals surface area (Å²) in [7, 11) is 0. The van der Waals surface area contributed by atoms with Gasteiger partial charge in [0.2, 0.25) is 5.28 Å². The van der Waals surface area contributed by atoms with Crippen LogP contribution in [-0.2, 0) is 0 Å². The summed E-state index contributed by atoms with van der Waals surface area (Å²) in [4.78, 5) is 22.4. The molecule has 1 aromatic heterocycles. The van der Waals surface area contributed by atoms with Crippen LogP contribution in [-0.4, -0.2) is 33.9 Å². The number of rotatable bonds is 1. The second kappa shape index (κ2) is 5.45. The number of likely N-dealkylation sites (tertiary alicyclic amines) is 1. The highest BCUT2D eigenvalue weighted by atomic mass is 35.5. The lowest BCUT2D eigenvalue weighted by Crippen LogP contribution is -2.33. The summed E-state index contributed by atoms with van der Waals surface area (Å²) in [6, 6.07) is 1.70. The third kappa shape index (κ3) is 3.66. The Morgan fingerprint density at radius 3 is 2.74 bits per heavy atom. The molecule has 1 fully saturated rings. The van der Waals surface area contributed by atoms with Crippen molar-refractivity contribution in [3.8, 4) is 0 Å². The SMILES string of the molecule is Cc1cc(C(=O)N2CCCC(C)(C)CC2)nc(Cl)n1. The molecule has 1 amide bonds. The number of carbonyl (C=O) groups is 1. The van der Waals surface area contributed by atoms with Gasteiger partial charge < -0.3 is 4.90 Å². The van der Waals surface area contributed by atoms with E-state index in [1.807, 2.05) is 11.8 Å². The maximum atomic E-state index is 12.4. The lowest BCUT2D eigenvalue weighted by atomic mass is 9.85. The van der Waals surface area contributed by atoms with Gasteiger partial charge in [-0.15, -0.1) is 0 Å². The summed E-state index contributed by atoms with van der Waals surface area (Å²) in [5.74, 6) is -0.0369. The number of hydrogen-bond donors (Lipinski definition) is 0. The van der Waals surface area contributed by atoms with E-state index in [0.29, 0.717) is 11.1 Å². The minimum absolute atomic E-state index is 0.0369. The molecule has 0 atom stereocenters.